The maximum absolute atomic E-state index is 13.0. The summed E-state index contributed by atoms with van der Waals surface area (Å²) < 4.78 is 16.3. The predicted molar refractivity (Wildman–Crippen MR) is 139 cm³/mol. The monoisotopic (exact) mass is 488 g/mol. The van der Waals surface area contributed by atoms with Gasteiger partial charge in [-0.3, -0.25) is 4.79 Å². The molecule has 0 radical (unpaired) electrons. The number of aromatic amines is 1. The Balaban J connectivity index is 1.44. The van der Waals surface area contributed by atoms with Crippen molar-refractivity contribution in [2.45, 2.75) is 13.0 Å². The highest BCUT2D eigenvalue weighted by Gasteiger charge is 2.20. The van der Waals surface area contributed by atoms with E-state index in [1.54, 1.807) is 31.4 Å². The minimum Gasteiger partial charge on any atom is -0.496 e. The predicted octanol–water partition coefficient (Wildman–Crippen LogP) is 5.33. The molecule has 0 saturated heterocycles. The molecular formula is C27H28N4O5. The molecule has 3 aromatic carbocycles. The van der Waals surface area contributed by atoms with E-state index in [-0.39, 0.29) is 18.0 Å². The van der Waals surface area contributed by atoms with E-state index < -0.39 is 0 Å². The second-order valence-corrected chi connectivity index (χ2v) is 8.05. The molecule has 1 atom stereocenters. The number of hydrogen-bond donors (Lipinski definition) is 4. The van der Waals surface area contributed by atoms with Gasteiger partial charge in [0, 0.05) is 22.8 Å². The van der Waals surface area contributed by atoms with Crippen molar-refractivity contribution in [3.63, 3.8) is 0 Å². The van der Waals surface area contributed by atoms with Gasteiger partial charge in [0.25, 0.3) is 5.91 Å². The number of aromatic nitrogens is 1. The van der Waals surface area contributed by atoms with Crippen molar-refractivity contribution in [3.05, 3.63) is 78.0 Å². The highest BCUT2D eigenvalue weighted by molar-refractivity contribution is 6.02. The molecule has 0 aliphatic carbocycles. The number of carbonyl (C=O) groups is 2. The van der Waals surface area contributed by atoms with Crippen LogP contribution in [0.1, 0.15) is 29.0 Å². The van der Waals surface area contributed by atoms with E-state index in [1.165, 1.54) is 14.2 Å². The third-order valence-corrected chi connectivity index (χ3v) is 5.73. The average Bonchev–Trinajstić information content (AvgIpc) is 3.34. The van der Waals surface area contributed by atoms with Gasteiger partial charge in [0.05, 0.1) is 32.9 Å². The number of methoxy groups -OCH3 is 3. The summed E-state index contributed by atoms with van der Waals surface area (Å²) in [5.41, 5.74) is 3.18. The smallest absolute Gasteiger partial charge is 0.323 e. The molecule has 4 rings (SSSR count). The number of H-pyrrole nitrogens is 1. The molecule has 4 N–H and O–H groups in total. The van der Waals surface area contributed by atoms with Gasteiger partial charge in [-0.1, -0.05) is 30.3 Å². The van der Waals surface area contributed by atoms with Crippen LogP contribution in [0, 0.1) is 0 Å². The van der Waals surface area contributed by atoms with Crippen LogP contribution in [0.5, 0.6) is 17.2 Å². The van der Waals surface area contributed by atoms with Crippen LogP contribution in [0.4, 0.5) is 16.2 Å². The molecule has 186 valence electrons. The molecular weight excluding hydrogens is 460 g/mol. The van der Waals surface area contributed by atoms with Crippen LogP contribution in [0.15, 0.2) is 66.7 Å². The molecule has 1 aromatic heterocycles. The molecule has 0 aliphatic heterocycles. The second-order valence-electron chi connectivity index (χ2n) is 8.05. The molecule has 9 nitrogen and oxygen atoms in total. The average molecular weight is 489 g/mol. The van der Waals surface area contributed by atoms with E-state index in [1.807, 2.05) is 49.4 Å². The Morgan fingerprint density at radius 2 is 1.44 bits per heavy atom. The van der Waals surface area contributed by atoms with Crippen LogP contribution in [0.25, 0.3) is 10.9 Å². The van der Waals surface area contributed by atoms with Crippen LogP contribution in [0.3, 0.4) is 0 Å². The Morgan fingerprint density at radius 1 is 0.806 bits per heavy atom. The topological polar surface area (TPSA) is 114 Å². The Morgan fingerprint density at radius 3 is 2.06 bits per heavy atom. The number of rotatable bonds is 8. The van der Waals surface area contributed by atoms with Crippen LogP contribution in [0.2, 0.25) is 0 Å². The molecule has 1 unspecified atom stereocenters. The zero-order chi connectivity index (χ0) is 25.7. The summed E-state index contributed by atoms with van der Waals surface area (Å²) in [7, 11) is 4.63. The van der Waals surface area contributed by atoms with Gasteiger partial charge < -0.3 is 35.1 Å². The van der Waals surface area contributed by atoms with Crippen LogP contribution < -0.4 is 30.2 Å². The summed E-state index contributed by atoms with van der Waals surface area (Å²) in [6.45, 7) is 1.88. The van der Waals surface area contributed by atoms with Crippen molar-refractivity contribution in [2.75, 3.05) is 32.0 Å². The highest BCUT2D eigenvalue weighted by atomic mass is 16.5. The normalized spacial score (nSPS) is 11.4. The number of ether oxygens (including phenoxy) is 3. The Labute approximate surface area is 208 Å². The number of hydrogen-bond acceptors (Lipinski definition) is 5. The van der Waals surface area contributed by atoms with Gasteiger partial charge >= 0.3 is 6.03 Å². The van der Waals surface area contributed by atoms with Crippen molar-refractivity contribution in [1.29, 1.82) is 0 Å². The third-order valence-electron chi connectivity index (χ3n) is 5.73. The Hall–Kier alpha value is -4.66. The van der Waals surface area contributed by atoms with Crippen molar-refractivity contribution >= 4 is 34.2 Å². The molecule has 9 heteroatoms. The zero-order valence-electron chi connectivity index (χ0n) is 20.5. The van der Waals surface area contributed by atoms with Crippen LogP contribution in [-0.2, 0) is 0 Å². The molecule has 0 fully saturated rings. The quantitative estimate of drug-likeness (QED) is 0.268. The first-order valence-corrected chi connectivity index (χ1v) is 11.3. The minimum atomic E-state index is -0.336. The number of fused-ring (bicyclic) bond motifs is 1. The van der Waals surface area contributed by atoms with Gasteiger partial charge in [-0.25, -0.2) is 4.79 Å². The summed E-state index contributed by atoms with van der Waals surface area (Å²) in [4.78, 5) is 28.3. The fourth-order valence-electron chi connectivity index (χ4n) is 3.89. The van der Waals surface area contributed by atoms with Gasteiger partial charge in [0.2, 0.25) is 0 Å². The molecule has 1 heterocycles. The lowest BCUT2D eigenvalue weighted by molar-refractivity contribution is 0.0935. The second kappa shape index (κ2) is 10.7. The summed E-state index contributed by atoms with van der Waals surface area (Å²) in [6.07, 6.45) is 0. The number of amides is 3. The summed E-state index contributed by atoms with van der Waals surface area (Å²) >= 11 is 0. The third kappa shape index (κ3) is 5.20. The van der Waals surface area contributed by atoms with Gasteiger partial charge in [0.1, 0.15) is 11.4 Å². The largest absolute Gasteiger partial charge is 0.496 e. The van der Waals surface area contributed by atoms with Crippen molar-refractivity contribution in [2.24, 2.45) is 0 Å². The molecule has 0 spiro atoms. The number of para-hydroxylation sites is 1. The van der Waals surface area contributed by atoms with Crippen molar-refractivity contribution < 1.29 is 23.8 Å². The van der Waals surface area contributed by atoms with Crippen molar-refractivity contribution in [1.82, 2.24) is 10.3 Å². The van der Waals surface area contributed by atoms with E-state index >= 15 is 0 Å². The summed E-state index contributed by atoms with van der Waals surface area (Å²) in [5.74, 6) is 1.26. The summed E-state index contributed by atoms with van der Waals surface area (Å²) in [5, 5.41) is 9.26. The Kier molecular flexibility index (Phi) is 7.29. The first-order valence-electron chi connectivity index (χ1n) is 11.3. The molecule has 0 bridgehead atoms. The van der Waals surface area contributed by atoms with Crippen LogP contribution >= 0.6 is 0 Å². The zero-order valence-corrected chi connectivity index (χ0v) is 20.5. The van der Waals surface area contributed by atoms with Gasteiger partial charge in [-0.2, -0.15) is 0 Å². The molecule has 3 amide bonds. The van der Waals surface area contributed by atoms with Gasteiger partial charge in [-0.15, -0.1) is 0 Å². The summed E-state index contributed by atoms with van der Waals surface area (Å²) in [6, 6.07) is 19.3. The van der Waals surface area contributed by atoms with E-state index in [0.717, 1.165) is 5.56 Å². The van der Waals surface area contributed by atoms with Crippen LogP contribution in [-0.4, -0.2) is 38.3 Å². The SMILES string of the molecule is COc1cc(OC)c2cc(C(=O)NC(C)c3ccc(NC(=O)Nc4ccccc4)cc3)[nH]c2c1OC. The fourth-order valence-corrected chi connectivity index (χ4v) is 3.89. The van der Waals surface area contributed by atoms with Crippen molar-refractivity contribution in [3.8, 4) is 17.2 Å². The maximum atomic E-state index is 13.0. The lowest BCUT2D eigenvalue weighted by Crippen LogP contribution is -2.27. The fraction of sp³-hybridized carbons (Fsp3) is 0.185. The van der Waals surface area contributed by atoms with Gasteiger partial charge in [-0.05, 0) is 42.8 Å². The van der Waals surface area contributed by atoms with E-state index in [0.29, 0.717) is 45.2 Å². The lowest BCUT2D eigenvalue weighted by Gasteiger charge is -2.15. The maximum Gasteiger partial charge on any atom is 0.323 e. The van der Waals surface area contributed by atoms with Gasteiger partial charge in [0.15, 0.2) is 11.5 Å². The van der Waals surface area contributed by atoms with E-state index in [2.05, 4.69) is 20.9 Å². The number of carbonyl (C=O) groups excluding carboxylic acids is 2. The molecule has 4 aromatic rings. The molecule has 0 aliphatic rings. The molecule has 0 saturated carbocycles. The standard InChI is InChI=1S/C27H28N4O5/c1-16(17-10-12-19(13-11-17)30-27(33)29-18-8-6-5-7-9-18)28-26(32)21-14-20-22(34-2)15-23(35-3)25(36-4)24(20)31-21/h5-16,31H,1-4H3,(H,28,32)(H2,29,30,33). The lowest BCUT2D eigenvalue weighted by atomic mass is 10.1. The number of benzene rings is 3. The number of urea groups is 1. The first kappa shape index (κ1) is 24.5. The van der Waals surface area contributed by atoms with E-state index in [9.17, 15) is 9.59 Å². The number of anilines is 2. The first-order chi connectivity index (χ1) is 17.4. The minimum absolute atomic E-state index is 0.283. The number of nitrogens with one attached hydrogen (secondary N) is 4. The highest BCUT2D eigenvalue weighted by Crippen LogP contribution is 2.41. The molecule has 36 heavy (non-hydrogen) atoms. The van der Waals surface area contributed by atoms with E-state index in [4.69, 9.17) is 14.2 Å². The Bertz CT molecular complexity index is 1370.